The number of fused-ring (bicyclic) bond motifs is 1. The Morgan fingerprint density at radius 3 is 3.00 bits per heavy atom. The fourth-order valence-corrected chi connectivity index (χ4v) is 1.78. The van der Waals surface area contributed by atoms with Crippen LogP contribution in [0.15, 0.2) is 16.9 Å². The van der Waals surface area contributed by atoms with Crippen molar-refractivity contribution in [3.8, 4) is 0 Å². The summed E-state index contributed by atoms with van der Waals surface area (Å²) < 4.78 is 2.66. The molecule has 0 aliphatic carbocycles. The maximum absolute atomic E-state index is 4.29. The Labute approximate surface area is 78.5 Å². The highest BCUT2D eigenvalue weighted by Gasteiger charge is 2.03. The molecule has 0 radical (unpaired) electrons. The SMILES string of the molecule is Cc1nc(Br)cc2cn(C)nc12. The number of aromatic nitrogens is 3. The number of nitrogens with zero attached hydrogens (tertiary/aromatic N) is 3. The van der Waals surface area contributed by atoms with Crippen molar-refractivity contribution in [1.29, 1.82) is 0 Å². The fraction of sp³-hybridized carbons (Fsp3) is 0.250. The molecule has 62 valence electrons. The average Bonchev–Trinajstić information content (AvgIpc) is 2.29. The Morgan fingerprint density at radius 1 is 1.50 bits per heavy atom. The zero-order valence-corrected chi connectivity index (χ0v) is 8.46. The number of hydrogen-bond donors (Lipinski definition) is 0. The Bertz CT molecular complexity index is 433. The number of halogens is 1. The molecule has 4 heteroatoms. The summed E-state index contributed by atoms with van der Waals surface area (Å²) in [6, 6.07) is 1.97. The molecule has 0 atom stereocenters. The Hall–Kier alpha value is -0.900. The largest absolute Gasteiger partial charge is 0.275 e. The van der Waals surface area contributed by atoms with Crippen LogP contribution in [0.1, 0.15) is 5.69 Å². The highest BCUT2D eigenvalue weighted by Crippen LogP contribution is 2.18. The van der Waals surface area contributed by atoms with Crippen molar-refractivity contribution in [1.82, 2.24) is 14.8 Å². The van der Waals surface area contributed by atoms with E-state index in [4.69, 9.17) is 0 Å². The maximum atomic E-state index is 4.29. The summed E-state index contributed by atoms with van der Waals surface area (Å²) in [5.41, 5.74) is 1.93. The summed E-state index contributed by atoms with van der Waals surface area (Å²) in [5, 5.41) is 5.41. The second-order valence-corrected chi connectivity index (χ2v) is 3.58. The lowest BCUT2D eigenvalue weighted by molar-refractivity contribution is 0.778. The van der Waals surface area contributed by atoms with Crippen LogP contribution in [0.25, 0.3) is 10.9 Å². The topological polar surface area (TPSA) is 30.7 Å². The third kappa shape index (κ3) is 1.12. The lowest BCUT2D eigenvalue weighted by Gasteiger charge is -1.93. The van der Waals surface area contributed by atoms with Crippen LogP contribution in [0.2, 0.25) is 0 Å². The van der Waals surface area contributed by atoms with Gasteiger partial charge in [0.25, 0.3) is 0 Å². The molecule has 0 N–H and O–H groups in total. The van der Waals surface area contributed by atoms with Crippen LogP contribution in [-0.2, 0) is 7.05 Å². The van der Waals surface area contributed by atoms with Crippen LogP contribution in [0, 0.1) is 6.92 Å². The molecule has 2 aromatic rings. The molecule has 0 saturated heterocycles. The molecule has 0 unspecified atom stereocenters. The predicted molar refractivity (Wildman–Crippen MR) is 50.9 cm³/mol. The first-order chi connectivity index (χ1) is 5.66. The zero-order chi connectivity index (χ0) is 8.72. The van der Waals surface area contributed by atoms with E-state index in [-0.39, 0.29) is 0 Å². The summed E-state index contributed by atoms with van der Waals surface area (Å²) in [6.07, 6.45) is 1.98. The van der Waals surface area contributed by atoms with Crippen LogP contribution >= 0.6 is 15.9 Å². The van der Waals surface area contributed by atoms with Gasteiger partial charge < -0.3 is 0 Å². The molecule has 0 fully saturated rings. The average molecular weight is 226 g/mol. The van der Waals surface area contributed by atoms with E-state index in [9.17, 15) is 0 Å². The minimum atomic E-state index is 0.862. The van der Waals surface area contributed by atoms with Gasteiger partial charge in [-0.2, -0.15) is 5.10 Å². The second-order valence-electron chi connectivity index (χ2n) is 2.77. The standard InChI is InChI=1S/C8H8BrN3/c1-5-8-6(3-7(9)10-5)4-12(2)11-8/h3-4H,1-2H3. The van der Waals surface area contributed by atoms with Crippen molar-refractivity contribution >= 4 is 26.8 Å². The van der Waals surface area contributed by atoms with Crippen molar-refractivity contribution in [2.75, 3.05) is 0 Å². The lowest BCUT2D eigenvalue weighted by atomic mass is 10.3. The van der Waals surface area contributed by atoms with Crippen LogP contribution < -0.4 is 0 Å². The van der Waals surface area contributed by atoms with Gasteiger partial charge in [0.1, 0.15) is 10.1 Å². The van der Waals surface area contributed by atoms with Crippen LogP contribution in [0.4, 0.5) is 0 Å². The summed E-state index contributed by atoms with van der Waals surface area (Å²) in [7, 11) is 1.91. The molecular formula is C8H8BrN3. The van der Waals surface area contributed by atoms with E-state index in [1.54, 1.807) is 4.68 Å². The normalized spacial score (nSPS) is 10.9. The molecule has 2 heterocycles. The van der Waals surface area contributed by atoms with Gasteiger partial charge in [0.15, 0.2) is 0 Å². The molecule has 0 aliphatic rings. The monoisotopic (exact) mass is 225 g/mol. The van der Waals surface area contributed by atoms with Crippen LogP contribution in [0.3, 0.4) is 0 Å². The van der Waals surface area contributed by atoms with Gasteiger partial charge in [-0.15, -0.1) is 0 Å². The van der Waals surface area contributed by atoms with Gasteiger partial charge >= 0.3 is 0 Å². The molecule has 0 spiro atoms. The minimum absolute atomic E-state index is 0.862. The van der Waals surface area contributed by atoms with E-state index in [0.29, 0.717) is 0 Å². The molecule has 3 nitrogen and oxygen atoms in total. The second kappa shape index (κ2) is 2.55. The fourth-order valence-electron chi connectivity index (χ4n) is 1.27. The number of rotatable bonds is 0. The molecule has 0 saturated carbocycles. The smallest absolute Gasteiger partial charge is 0.114 e. The molecular weight excluding hydrogens is 218 g/mol. The van der Waals surface area contributed by atoms with Gasteiger partial charge in [-0.1, -0.05) is 0 Å². The molecule has 12 heavy (non-hydrogen) atoms. The third-order valence-electron chi connectivity index (χ3n) is 1.75. The first-order valence-electron chi connectivity index (χ1n) is 3.63. The summed E-state index contributed by atoms with van der Waals surface area (Å²) in [4.78, 5) is 4.26. The third-order valence-corrected chi connectivity index (χ3v) is 2.16. The van der Waals surface area contributed by atoms with Gasteiger partial charge in [-0.3, -0.25) is 4.68 Å². The van der Waals surface area contributed by atoms with Crippen molar-refractivity contribution in [3.63, 3.8) is 0 Å². The predicted octanol–water partition coefficient (Wildman–Crippen LogP) is 2.04. The highest BCUT2D eigenvalue weighted by atomic mass is 79.9. The first-order valence-corrected chi connectivity index (χ1v) is 4.42. The van der Waals surface area contributed by atoms with E-state index in [1.165, 1.54) is 0 Å². The summed E-state index contributed by atoms with van der Waals surface area (Å²) in [6.45, 7) is 1.96. The van der Waals surface area contributed by atoms with E-state index in [2.05, 4.69) is 26.0 Å². The van der Waals surface area contributed by atoms with Crippen molar-refractivity contribution in [2.45, 2.75) is 6.92 Å². The first kappa shape index (κ1) is 7.73. The Morgan fingerprint density at radius 2 is 2.25 bits per heavy atom. The van der Waals surface area contributed by atoms with Gasteiger partial charge in [-0.05, 0) is 28.9 Å². The summed E-state index contributed by atoms with van der Waals surface area (Å²) in [5.74, 6) is 0. The van der Waals surface area contributed by atoms with Gasteiger partial charge in [0.2, 0.25) is 0 Å². The van der Waals surface area contributed by atoms with Gasteiger partial charge in [0.05, 0.1) is 5.69 Å². The van der Waals surface area contributed by atoms with Crippen molar-refractivity contribution in [3.05, 3.63) is 22.6 Å². The van der Waals surface area contributed by atoms with E-state index in [0.717, 1.165) is 21.2 Å². The number of pyridine rings is 1. The summed E-state index contributed by atoms with van der Waals surface area (Å²) >= 11 is 3.34. The lowest BCUT2D eigenvalue weighted by Crippen LogP contribution is -1.87. The molecule has 0 aliphatic heterocycles. The van der Waals surface area contributed by atoms with Crippen molar-refractivity contribution in [2.24, 2.45) is 7.05 Å². The van der Waals surface area contributed by atoms with Gasteiger partial charge in [-0.25, -0.2) is 4.98 Å². The van der Waals surface area contributed by atoms with Gasteiger partial charge in [0, 0.05) is 18.6 Å². The molecule has 0 bridgehead atoms. The Balaban J connectivity index is 2.88. The number of aryl methyl sites for hydroxylation is 2. The zero-order valence-electron chi connectivity index (χ0n) is 6.87. The molecule has 0 amide bonds. The van der Waals surface area contributed by atoms with E-state index >= 15 is 0 Å². The molecule has 2 aromatic heterocycles. The quantitative estimate of drug-likeness (QED) is 0.643. The van der Waals surface area contributed by atoms with Crippen molar-refractivity contribution < 1.29 is 0 Å². The molecule has 2 rings (SSSR count). The minimum Gasteiger partial charge on any atom is -0.275 e. The maximum Gasteiger partial charge on any atom is 0.114 e. The van der Waals surface area contributed by atoms with E-state index < -0.39 is 0 Å². The van der Waals surface area contributed by atoms with Crippen LogP contribution in [0.5, 0.6) is 0 Å². The molecule has 0 aromatic carbocycles. The van der Waals surface area contributed by atoms with E-state index in [1.807, 2.05) is 26.2 Å². The number of hydrogen-bond acceptors (Lipinski definition) is 2. The highest BCUT2D eigenvalue weighted by molar-refractivity contribution is 9.10. The Kier molecular flexibility index (Phi) is 1.65. The van der Waals surface area contributed by atoms with Crippen LogP contribution in [-0.4, -0.2) is 14.8 Å².